The van der Waals surface area contributed by atoms with E-state index in [4.69, 9.17) is 9.84 Å². The van der Waals surface area contributed by atoms with E-state index in [2.05, 4.69) is 13.0 Å². The number of carboxylic acid groups (broad SMARTS) is 1. The minimum absolute atomic E-state index is 0.245. The van der Waals surface area contributed by atoms with E-state index in [0.29, 0.717) is 12.5 Å². The zero-order valence-corrected chi connectivity index (χ0v) is 13.6. The number of hydrogen-bond acceptors (Lipinski definition) is 3. The molecule has 4 nitrogen and oxygen atoms in total. The lowest BCUT2D eigenvalue weighted by atomic mass is 10.1. The molecule has 1 saturated heterocycles. The Morgan fingerprint density at radius 2 is 1.86 bits per heavy atom. The van der Waals surface area contributed by atoms with Gasteiger partial charge in [-0.2, -0.15) is 0 Å². The summed E-state index contributed by atoms with van der Waals surface area (Å²) < 4.78 is 5.41. The van der Waals surface area contributed by atoms with E-state index in [1.807, 2.05) is 18.2 Å². The standard InChI is InChI=1S/C18H30O4/c1-2-16-17(22-16)14-15(19)12-10-8-6-4-3-5-7-9-11-13-18(20)21/h6,8,10,12,15-17,19H,2-5,7,9,11,13-14H2,1H3,(H,20,21). The van der Waals surface area contributed by atoms with Gasteiger partial charge in [-0.05, 0) is 25.7 Å². The van der Waals surface area contributed by atoms with Crippen LogP contribution in [-0.4, -0.2) is 34.5 Å². The van der Waals surface area contributed by atoms with Gasteiger partial charge in [-0.3, -0.25) is 4.79 Å². The number of ether oxygens (including phenoxy) is 1. The van der Waals surface area contributed by atoms with E-state index in [0.717, 1.165) is 44.9 Å². The predicted octanol–water partition coefficient (Wildman–Crippen LogP) is 3.84. The van der Waals surface area contributed by atoms with Crippen molar-refractivity contribution < 1.29 is 19.7 Å². The van der Waals surface area contributed by atoms with Gasteiger partial charge < -0.3 is 14.9 Å². The lowest BCUT2D eigenvalue weighted by Gasteiger charge is -2.00. The summed E-state index contributed by atoms with van der Waals surface area (Å²) >= 11 is 0. The molecule has 1 heterocycles. The first-order valence-corrected chi connectivity index (χ1v) is 8.52. The normalized spacial score (nSPS) is 22.5. The van der Waals surface area contributed by atoms with Crippen LogP contribution in [0.5, 0.6) is 0 Å². The van der Waals surface area contributed by atoms with Crippen LogP contribution >= 0.6 is 0 Å². The molecule has 0 aromatic rings. The van der Waals surface area contributed by atoms with Crippen molar-refractivity contribution in [3.8, 4) is 0 Å². The molecule has 2 N–H and O–H groups in total. The molecule has 3 atom stereocenters. The third-order valence-electron chi connectivity index (χ3n) is 3.91. The van der Waals surface area contributed by atoms with Gasteiger partial charge >= 0.3 is 5.97 Å². The fourth-order valence-electron chi connectivity index (χ4n) is 2.50. The van der Waals surface area contributed by atoms with Gasteiger partial charge in [0.05, 0.1) is 18.3 Å². The molecule has 3 unspecified atom stereocenters. The fraction of sp³-hybridized carbons (Fsp3) is 0.722. The first kappa shape index (κ1) is 18.9. The molecule has 1 rings (SSSR count). The van der Waals surface area contributed by atoms with Crippen LogP contribution in [0.3, 0.4) is 0 Å². The molecule has 22 heavy (non-hydrogen) atoms. The van der Waals surface area contributed by atoms with Crippen molar-refractivity contribution in [2.24, 2.45) is 0 Å². The summed E-state index contributed by atoms with van der Waals surface area (Å²) in [5.74, 6) is -0.699. The van der Waals surface area contributed by atoms with Crippen LogP contribution in [0.25, 0.3) is 0 Å². The zero-order valence-electron chi connectivity index (χ0n) is 13.6. The highest BCUT2D eigenvalue weighted by Crippen LogP contribution is 2.29. The van der Waals surface area contributed by atoms with Gasteiger partial charge in [-0.15, -0.1) is 0 Å². The molecular weight excluding hydrogens is 280 g/mol. The highest BCUT2D eigenvalue weighted by atomic mass is 16.6. The van der Waals surface area contributed by atoms with E-state index in [1.165, 1.54) is 0 Å². The first-order valence-electron chi connectivity index (χ1n) is 8.52. The maximum Gasteiger partial charge on any atom is 0.303 e. The molecule has 126 valence electrons. The third kappa shape index (κ3) is 9.74. The summed E-state index contributed by atoms with van der Waals surface area (Å²) in [6, 6.07) is 0. The lowest BCUT2D eigenvalue weighted by Crippen LogP contribution is -2.07. The summed E-state index contributed by atoms with van der Waals surface area (Å²) in [7, 11) is 0. The van der Waals surface area contributed by atoms with Gasteiger partial charge in [0.2, 0.25) is 0 Å². The van der Waals surface area contributed by atoms with Crippen molar-refractivity contribution in [2.45, 2.75) is 83.0 Å². The van der Waals surface area contributed by atoms with Crippen LogP contribution in [0.1, 0.15) is 64.7 Å². The van der Waals surface area contributed by atoms with Gasteiger partial charge in [-0.1, -0.05) is 50.5 Å². The van der Waals surface area contributed by atoms with Crippen molar-refractivity contribution in [1.29, 1.82) is 0 Å². The molecule has 0 aromatic carbocycles. The molecular formula is C18H30O4. The third-order valence-corrected chi connectivity index (χ3v) is 3.91. The number of allylic oxidation sites excluding steroid dienone is 3. The highest BCUT2D eigenvalue weighted by molar-refractivity contribution is 5.66. The van der Waals surface area contributed by atoms with Crippen molar-refractivity contribution in [1.82, 2.24) is 0 Å². The Hall–Kier alpha value is -1.13. The van der Waals surface area contributed by atoms with Crippen molar-refractivity contribution in [3.63, 3.8) is 0 Å². The van der Waals surface area contributed by atoms with E-state index in [1.54, 1.807) is 0 Å². The van der Waals surface area contributed by atoms with Gasteiger partial charge in [-0.25, -0.2) is 0 Å². The minimum atomic E-state index is -0.699. The average Bonchev–Trinajstić information content (AvgIpc) is 3.22. The molecule has 0 amide bonds. The van der Waals surface area contributed by atoms with Gasteiger partial charge in [0, 0.05) is 12.8 Å². The van der Waals surface area contributed by atoms with Gasteiger partial charge in [0.1, 0.15) is 0 Å². The smallest absolute Gasteiger partial charge is 0.303 e. The molecule has 1 aliphatic heterocycles. The molecule has 0 aromatic heterocycles. The number of aliphatic hydroxyl groups is 1. The number of epoxide rings is 1. The summed E-state index contributed by atoms with van der Waals surface area (Å²) in [6.07, 6.45) is 16.2. The molecule has 0 bridgehead atoms. The molecule has 0 saturated carbocycles. The largest absolute Gasteiger partial charge is 0.481 e. The number of hydrogen-bond donors (Lipinski definition) is 2. The van der Waals surface area contributed by atoms with E-state index >= 15 is 0 Å². The van der Waals surface area contributed by atoms with Crippen LogP contribution in [-0.2, 0) is 9.53 Å². The topological polar surface area (TPSA) is 70.1 Å². The number of aliphatic hydroxyl groups excluding tert-OH is 1. The summed E-state index contributed by atoms with van der Waals surface area (Å²) in [4.78, 5) is 10.3. The Balaban J connectivity index is 1.90. The lowest BCUT2D eigenvalue weighted by molar-refractivity contribution is -0.137. The Kier molecular flexibility index (Phi) is 9.84. The van der Waals surface area contributed by atoms with Crippen LogP contribution in [0.2, 0.25) is 0 Å². The Morgan fingerprint density at radius 1 is 1.14 bits per heavy atom. The van der Waals surface area contributed by atoms with E-state index in [-0.39, 0.29) is 12.5 Å². The number of unbranched alkanes of at least 4 members (excludes halogenated alkanes) is 5. The van der Waals surface area contributed by atoms with Gasteiger partial charge in [0.25, 0.3) is 0 Å². The molecule has 0 radical (unpaired) electrons. The molecule has 4 heteroatoms. The molecule has 1 aliphatic rings. The summed E-state index contributed by atoms with van der Waals surface area (Å²) in [5, 5.41) is 18.3. The first-order chi connectivity index (χ1) is 10.6. The van der Waals surface area contributed by atoms with Crippen molar-refractivity contribution in [2.75, 3.05) is 0 Å². The second kappa shape index (κ2) is 11.4. The number of rotatable bonds is 13. The van der Waals surface area contributed by atoms with E-state index < -0.39 is 12.1 Å². The number of carbonyl (C=O) groups is 1. The molecule has 0 aliphatic carbocycles. The average molecular weight is 310 g/mol. The van der Waals surface area contributed by atoms with Crippen molar-refractivity contribution in [3.05, 3.63) is 24.3 Å². The van der Waals surface area contributed by atoms with E-state index in [9.17, 15) is 9.90 Å². The second-order valence-corrected chi connectivity index (χ2v) is 5.94. The fourth-order valence-corrected chi connectivity index (χ4v) is 2.50. The summed E-state index contributed by atoms with van der Waals surface area (Å²) in [6.45, 7) is 2.10. The predicted molar refractivity (Wildman–Crippen MR) is 87.8 cm³/mol. The monoisotopic (exact) mass is 310 g/mol. The maximum absolute atomic E-state index is 10.3. The number of aliphatic carboxylic acids is 1. The van der Waals surface area contributed by atoms with Crippen molar-refractivity contribution >= 4 is 5.97 Å². The van der Waals surface area contributed by atoms with Crippen LogP contribution in [0, 0.1) is 0 Å². The Morgan fingerprint density at radius 3 is 2.55 bits per heavy atom. The maximum atomic E-state index is 10.3. The quantitative estimate of drug-likeness (QED) is 0.308. The number of carboxylic acids is 1. The summed E-state index contributed by atoms with van der Waals surface area (Å²) in [5.41, 5.74) is 0. The van der Waals surface area contributed by atoms with Gasteiger partial charge in [0.15, 0.2) is 0 Å². The SMILES string of the molecule is CCC1OC1CC(O)C=CC=CCCCCCCCC(=O)O. The van der Waals surface area contributed by atoms with Crippen LogP contribution < -0.4 is 0 Å². The van der Waals surface area contributed by atoms with Crippen LogP contribution in [0.15, 0.2) is 24.3 Å². The molecule has 1 fully saturated rings. The highest BCUT2D eigenvalue weighted by Gasteiger charge is 2.37. The Labute approximate surface area is 133 Å². The second-order valence-electron chi connectivity index (χ2n) is 5.94. The minimum Gasteiger partial charge on any atom is -0.481 e. The Bertz CT molecular complexity index is 362. The van der Waals surface area contributed by atoms with Crippen LogP contribution in [0.4, 0.5) is 0 Å². The zero-order chi connectivity index (χ0) is 16.2. The molecule has 0 spiro atoms.